The van der Waals surface area contributed by atoms with Gasteiger partial charge in [-0.3, -0.25) is 4.79 Å². The number of halogens is 1. The molecule has 2 atom stereocenters. The number of benzene rings is 1. The van der Waals surface area contributed by atoms with Crippen molar-refractivity contribution in [1.82, 2.24) is 0 Å². The molecule has 0 radical (unpaired) electrons. The van der Waals surface area contributed by atoms with Gasteiger partial charge in [0.15, 0.2) is 0 Å². The molecule has 1 aliphatic carbocycles. The molecule has 0 spiro atoms. The molecule has 0 aromatic heterocycles. The molecule has 1 aromatic carbocycles. The fourth-order valence-electron chi connectivity index (χ4n) is 1.82. The molecule has 2 unspecified atom stereocenters. The van der Waals surface area contributed by atoms with Crippen LogP contribution in [-0.2, 0) is 4.79 Å². The summed E-state index contributed by atoms with van der Waals surface area (Å²) >= 11 is 0. The lowest BCUT2D eigenvalue weighted by Gasteiger charge is -1.98. The van der Waals surface area contributed by atoms with E-state index >= 15 is 0 Å². The Morgan fingerprint density at radius 2 is 2.07 bits per heavy atom. The van der Waals surface area contributed by atoms with Crippen molar-refractivity contribution >= 4 is 5.97 Å². The van der Waals surface area contributed by atoms with E-state index in [1.165, 1.54) is 12.1 Å². The van der Waals surface area contributed by atoms with Gasteiger partial charge in [-0.1, -0.05) is 12.1 Å². The van der Waals surface area contributed by atoms with Crippen LogP contribution in [0.3, 0.4) is 0 Å². The minimum Gasteiger partial charge on any atom is -0.481 e. The average Bonchev–Trinajstić information content (AvgIpc) is 2.84. The lowest BCUT2D eigenvalue weighted by Crippen LogP contribution is -1.96. The molecule has 1 aromatic rings. The van der Waals surface area contributed by atoms with Crippen LogP contribution in [0, 0.1) is 11.7 Å². The van der Waals surface area contributed by atoms with Gasteiger partial charge in [0.25, 0.3) is 0 Å². The van der Waals surface area contributed by atoms with Crippen LogP contribution in [-0.4, -0.2) is 11.1 Å². The number of aliphatic carboxylic acids is 1. The first-order valence-electron chi connectivity index (χ1n) is 4.64. The van der Waals surface area contributed by atoms with E-state index in [-0.39, 0.29) is 18.2 Å². The first-order chi connectivity index (χ1) is 6.66. The zero-order valence-corrected chi connectivity index (χ0v) is 7.61. The Morgan fingerprint density at radius 3 is 2.64 bits per heavy atom. The van der Waals surface area contributed by atoms with Crippen molar-refractivity contribution in [2.45, 2.75) is 18.8 Å². The van der Waals surface area contributed by atoms with E-state index < -0.39 is 5.97 Å². The smallest absolute Gasteiger partial charge is 0.303 e. The van der Waals surface area contributed by atoms with Gasteiger partial charge in [-0.2, -0.15) is 0 Å². The van der Waals surface area contributed by atoms with E-state index in [0.717, 1.165) is 12.0 Å². The molecule has 0 heterocycles. The predicted molar refractivity (Wildman–Crippen MR) is 49.5 cm³/mol. The van der Waals surface area contributed by atoms with E-state index in [1.54, 1.807) is 12.1 Å². The summed E-state index contributed by atoms with van der Waals surface area (Å²) in [6.45, 7) is 0. The normalized spacial score (nSPS) is 24.6. The van der Waals surface area contributed by atoms with Crippen LogP contribution in [0.2, 0.25) is 0 Å². The molecule has 2 rings (SSSR count). The third kappa shape index (κ3) is 1.92. The molecule has 0 saturated heterocycles. The highest BCUT2D eigenvalue weighted by molar-refractivity contribution is 5.67. The first kappa shape index (κ1) is 9.19. The number of carboxylic acid groups (broad SMARTS) is 1. The number of carboxylic acids is 1. The largest absolute Gasteiger partial charge is 0.481 e. The van der Waals surface area contributed by atoms with Gasteiger partial charge >= 0.3 is 5.97 Å². The summed E-state index contributed by atoms with van der Waals surface area (Å²) < 4.78 is 12.6. The highest BCUT2D eigenvalue weighted by atomic mass is 19.1. The molecular formula is C11H11FO2. The molecule has 1 N–H and O–H groups in total. The molecule has 3 heteroatoms. The van der Waals surface area contributed by atoms with Crippen molar-refractivity contribution in [3.63, 3.8) is 0 Å². The summed E-state index contributed by atoms with van der Waals surface area (Å²) in [7, 11) is 0. The Balaban J connectivity index is 1.99. The van der Waals surface area contributed by atoms with Crippen molar-refractivity contribution < 1.29 is 14.3 Å². The van der Waals surface area contributed by atoms with Crippen LogP contribution in [0.25, 0.3) is 0 Å². The van der Waals surface area contributed by atoms with Crippen molar-refractivity contribution in [3.8, 4) is 0 Å². The van der Waals surface area contributed by atoms with Crippen LogP contribution >= 0.6 is 0 Å². The minimum atomic E-state index is -0.750. The maximum Gasteiger partial charge on any atom is 0.303 e. The van der Waals surface area contributed by atoms with E-state index in [2.05, 4.69) is 0 Å². The van der Waals surface area contributed by atoms with Crippen molar-refractivity contribution in [2.75, 3.05) is 0 Å². The number of hydrogen-bond donors (Lipinski definition) is 1. The Hall–Kier alpha value is -1.38. The monoisotopic (exact) mass is 194 g/mol. The third-order valence-electron chi connectivity index (χ3n) is 2.66. The Kier molecular flexibility index (Phi) is 2.23. The molecule has 1 saturated carbocycles. The molecule has 0 amide bonds. The second-order valence-electron chi connectivity index (χ2n) is 3.75. The quantitative estimate of drug-likeness (QED) is 0.802. The van der Waals surface area contributed by atoms with E-state index in [1.807, 2.05) is 0 Å². The van der Waals surface area contributed by atoms with E-state index in [4.69, 9.17) is 5.11 Å². The number of rotatable bonds is 3. The highest BCUT2D eigenvalue weighted by Crippen LogP contribution is 2.49. The van der Waals surface area contributed by atoms with Gasteiger partial charge < -0.3 is 5.11 Å². The van der Waals surface area contributed by atoms with E-state index in [0.29, 0.717) is 5.92 Å². The zero-order valence-electron chi connectivity index (χ0n) is 7.61. The predicted octanol–water partition coefficient (Wildman–Crippen LogP) is 2.40. The molecule has 1 aliphatic rings. The standard InChI is InChI=1S/C11H11FO2/c12-9-3-1-7(2-4-9)10-5-8(10)6-11(13)14/h1-4,8,10H,5-6H2,(H,13,14). The lowest BCUT2D eigenvalue weighted by molar-refractivity contribution is -0.137. The molecule has 0 bridgehead atoms. The van der Waals surface area contributed by atoms with Gasteiger partial charge in [-0.05, 0) is 36.0 Å². The summed E-state index contributed by atoms with van der Waals surface area (Å²) in [4.78, 5) is 10.4. The molecule has 0 aliphatic heterocycles. The van der Waals surface area contributed by atoms with Crippen molar-refractivity contribution in [1.29, 1.82) is 0 Å². The summed E-state index contributed by atoms with van der Waals surface area (Å²) in [6.07, 6.45) is 1.14. The fourth-order valence-corrected chi connectivity index (χ4v) is 1.82. The van der Waals surface area contributed by atoms with Crippen LogP contribution < -0.4 is 0 Å². The van der Waals surface area contributed by atoms with Gasteiger partial charge in [-0.25, -0.2) is 4.39 Å². The van der Waals surface area contributed by atoms with Gasteiger partial charge in [0, 0.05) is 6.42 Å². The fraction of sp³-hybridized carbons (Fsp3) is 0.364. The van der Waals surface area contributed by atoms with Crippen LogP contribution in [0.5, 0.6) is 0 Å². The number of hydrogen-bond acceptors (Lipinski definition) is 1. The zero-order chi connectivity index (χ0) is 10.1. The maximum absolute atomic E-state index is 12.6. The third-order valence-corrected chi connectivity index (χ3v) is 2.66. The molecule has 2 nitrogen and oxygen atoms in total. The second kappa shape index (κ2) is 3.40. The topological polar surface area (TPSA) is 37.3 Å². The minimum absolute atomic E-state index is 0.224. The van der Waals surface area contributed by atoms with Crippen LogP contribution in [0.1, 0.15) is 24.3 Å². The molecule has 14 heavy (non-hydrogen) atoms. The van der Waals surface area contributed by atoms with Crippen molar-refractivity contribution in [3.05, 3.63) is 35.6 Å². The summed E-state index contributed by atoms with van der Waals surface area (Å²) in [5, 5.41) is 8.57. The Labute approximate surface area is 81.4 Å². The number of carbonyl (C=O) groups is 1. The molecule has 1 fully saturated rings. The first-order valence-corrected chi connectivity index (χ1v) is 4.64. The average molecular weight is 194 g/mol. The summed E-state index contributed by atoms with van der Waals surface area (Å²) in [5.41, 5.74) is 1.05. The summed E-state index contributed by atoms with van der Waals surface area (Å²) in [6, 6.07) is 6.32. The van der Waals surface area contributed by atoms with Crippen LogP contribution in [0.4, 0.5) is 4.39 Å². The SMILES string of the molecule is O=C(O)CC1CC1c1ccc(F)cc1. The van der Waals surface area contributed by atoms with Crippen LogP contribution in [0.15, 0.2) is 24.3 Å². The van der Waals surface area contributed by atoms with Gasteiger partial charge in [0.05, 0.1) is 0 Å². The highest BCUT2D eigenvalue weighted by Gasteiger charge is 2.39. The maximum atomic E-state index is 12.6. The molecule has 74 valence electrons. The van der Waals surface area contributed by atoms with E-state index in [9.17, 15) is 9.18 Å². The van der Waals surface area contributed by atoms with Gasteiger partial charge in [0.2, 0.25) is 0 Å². The van der Waals surface area contributed by atoms with Gasteiger partial charge in [-0.15, -0.1) is 0 Å². The van der Waals surface area contributed by atoms with Gasteiger partial charge in [0.1, 0.15) is 5.82 Å². The Morgan fingerprint density at radius 1 is 1.43 bits per heavy atom. The van der Waals surface area contributed by atoms with Crippen molar-refractivity contribution in [2.24, 2.45) is 5.92 Å². The Bertz CT molecular complexity index is 345. The second-order valence-corrected chi connectivity index (χ2v) is 3.75. The lowest BCUT2D eigenvalue weighted by atomic mass is 10.1. The molecular weight excluding hydrogens is 183 g/mol. The summed E-state index contributed by atoms with van der Waals surface area (Å²) in [5.74, 6) is -0.423.